The van der Waals surface area contributed by atoms with Gasteiger partial charge in [-0.25, -0.2) is 9.97 Å². The molecule has 0 spiro atoms. The summed E-state index contributed by atoms with van der Waals surface area (Å²) in [4.78, 5) is 9.60. The van der Waals surface area contributed by atoms with Gasteiger partial charge in [-0.1, -0.05) is 38.1 Å². The number of benzene rings is 1. The molecule has 0 saturated carbocycles. The molecule has 0 unspecified atom stereocenters. The maximum atomic E-state index is 6.01. The molecule has 0 aliphatic carbocycles. The molecule has 2 heterocycles. The van der Waals surface area contributed by atoms with E-state index < -0.39 is 0 Å². The summed E-state index contributed by atoms with van der Waals surface area (Å²) in [5.41, 5.74) is 3.68. The number of aromatic nitrogens is 2. The second-order valence-electron chi connectivity index (χ2n) is 5.48. The second-order valence-corrected chi connectivity index (χ2v) is 6.67. The highest BCUT2D eigenvalue weighted by Gasteiger charge is 2.14. The normalized spacial score (nSPS) is 11.3. The molecule has 0 bridgehead atoms. The number of fused-ring (bicyclic) bond motifs is 1. The third-order valence-electron chi connectivity index (χ3n) is 3.64. The molecule has 0 saturated heterocycles. The van der Waals surface area contributed by atoms with Crippen LogP contribution in [-0.4, -0.2) is 16.5 Å². The van der Waals surface area contributed by atoms with Crippen LogP contribution < -0.4 is 5.32 Å². The average Bonchev–Trinajstić information content (AvgIpc) is 2.91. The zero-order valence-corrected chi connectivity index (χ0v) is 14.4. The Kier molecular flexibility index (Phi) is 4.32. The molecular formula is C17H18ClN3S. The van der Waals surface area contributed by atoms with Gasteiger partial charge in [0.25, 0.3) is 0 Å². The molecule has 0 fully saturated rings. The van der Waals surface area contributed by atoms with Crippen molar-refractivity contribution in [3.05, 3.63) is 40.5 Å². The molecular weight excluding hydrogens is 314 g/mol. The lowest BCUT2D eigenvalue weighted by atomic mass is 9.99. The van der Waals surface area contributed by atoms with Gasteiger partial charge in [0.15, 0.2) is 0 Å². The molecule has 3 nitrogen and oxygen atoms in total. The van der Waals surface area contributed by atoms with Crippen LogP contribution in [0.2, 0.25) is 5.28 Å². The second kappa shape index (κ2) is 6.23. The van der Waals surface area contributed by atoms with Gasteiger partial charge in [-0.05, 0) is 35.6 Å². The first-order valence-electron chi connectivity index (χ1n) is 7.39. The Morgan fingerprint density at radius 1 is 1.18 bits per heavy atom. The SMILES string of the molecule is CCNc1nc(Cl)nc2scc(-c3ccc(C(C)C)cc3)c12. The minimum atomic E-state index is 0.284. The van der Waals surface area contributed by atoms with Crippen molar-refractivity contribution in [1.82, 2.24) is 9.97 Å². The van der Waals surface area contributed by atoms with Crippen LogP contribution in [0.5, 0.6) is 0 Å². The highest BCUT2D eigenvalue weighted by Crippen LogP contribution is 2.37. The zero-order valence-electron chi connectivity index (χ0n) is 12.9. The van der Waals surface area contributed by atoms with Crippen LogP contribution in [-0.2, 0) is 0 Å². The minimum absolute atomic E-state index is 0.284. The van der Waals surface area contributed by atoms with Gasteiger partial charge in [-0.15, -0.1) is 11.3 Å². The number of hydrogen-bond donors (Lipinski definition) is 1. The number of halogens is 1. The predicted octanol–water partition coefficient (Wildman–Crippen LogP) is 5.57. The van der Waals surface area contributed by atoms with Gasteiger partial charge in [0.05, 0.1) is 5.39 Å². The van der Waals surface area contributed by atoms with Gasteiger partial charge < -0.3 is 5.32 Å². The monoisotopic (exact) mass is 331 g/mol. The molecule has 0 amide bonds. The molecule has 5 heteroatoms. The van der Waals surface area contributed by atoms with E-state index >= 15 is 0 Å². The quantitative estimate of drug-likeness (QED) is 0.635. The van der Waals surface area contributed by atoms with Crippen molar-refractivity contribution in [2.45, 2.75) is 26.7 Å². The first-order valence-corrected chi connectivity index (χ1v) is 8.64. The van der Waals surface area contributed by atoms with Gasteiger partial charge >= 0.3 is 0 Å². The van der Waals surface area contributed by atoms with Crippen molar-refractivity contribution in [3.8, 4) is 11.1 Å². The van der Waals surface area contributed by atoms with Gasteiger partial charge in [0.1, 0.15) is 10.6 Å². The van der Waals surface area contributed by atoms with Gasteiger partial charge in [-0.2, -0.15) is 0 Å². The van der Waals surface area contributed by atoms with Crippen LogP contribution in [0.25, 0.3) is 21.3 Å². The van der Waals surface area contributed by atoms with Crippen LogP contribution in [0.15, 0.2) is 29.6 Å². The van der Waals surface area contributed by atoms with E-state index in [0.717, 1.165) is 28.1 Å². The van der Waals surface area contributed by atoms with Crippen molar-refractivity contribution < 1.29 is 0 Å². The lowest BCUT2D eigenvalue weighted by Gasteiger charge is -2.09. The number of nitrogens with zero attached hydrogens (tertiary/aromatic N) is 2. The molecule has 1 aromatic carbocycles. The molecule has 0 atom stereocenters. The minimum Gasteiger partial charge on any atom is -0.370 e. The lowest BCUT2D eigenvalue weighted by Crippen LogP contribution is -2.01. The summed E-state index contributed by atoms with van der Waals surface area (Å²) in [6.45, 7) is 7.25. The lowest BCUT2D eigenvalue weighted by molar-refractivity contribution is 0.867. The van der Waals surface area contributed by atoms with Crippen LogP contribution >= 0.6 is 22.9 Å². The summed E-state index contributed by atoms with van der Waals surface area (Å²) in [7, 11) is 0. The Bertz CT molecular complexity index is 794. The number of thiophene rings is 1. The third kappa shape index (κ3) is 2.81. The standard InChI is InChI=1S/C17H18ClN3S/c1-4-19-15-14-13(9-22-16(14)21-17(18)20-15)12-7-5-11(6-8-12)10(2)3/h5-10H,4H2,1-3H3,(H,19,20,21). The van der Waals surface area contributed by atoms with Crippen molar-refractivity contribution >= 4 is 39.0 Å². The van der Waals surface area contributed by atoms with Crippen LogP contribution in [0.1, 0.15) is 32.3 Å². The van der Waals surface area contributed by atoms with E-state index in [0.29, 0.717) is 5.92 Å². The topological polar surface area (TPSA) is 37.8 Å². The highest BCUT2D eigenvalue weighted by molar-refractivity contribution is 7.17. The van der Waals surface area contributed by atoms with E-state index in [1.165, 1.54) is 11.1 Å². The Morgan fingerprint density at radius 2 is 1.91 bits per heavy atom. The van der Waals surface area contributed by atoms with Gasteiger partial charge in [-0.3, -0.25) is 0 Å². The maximum Gasteiger partial charge on any atom is 0.225 e. The third-order valence-corrected chi connectivity index (χ3v) is 4.68. The Labute approximate surface area is 139 Å². The molecule has 0 aliphatic heterocycles. The number of rotatable bonds is 4. The molecule has 22 heavy (non-hydrogen) atoms. The fraction of sp³-hybridized carbons (Fsp3) is 0.294. The van der Waals surface area contributed by atoms with Gasteiger partial charge in [0, 0.05) is 17.5 Å². The molecule has 1 N–H and O–H groups in total. The fourth-order valence-electron chi connectivity index (χ4n) is 2.47. The van der Waals surface area contributed by atoms with E-state index in [-0.39, 0.29) is 5.28 Å². The summed E-state index contributed by atoms with van der Waals surface area (Å²) in [6.07, 6.45) is 0. The highest BCUT2D eigenvalue weighted by atomic mass is 35.5. The average molecular weight is 332 g/mol. The predicted molar refractivity (Wildman–Crippen MR) is 96.1 cm³/mol. The molecule has 114 valence electrons. The van der Waals surface area contributed by atoms with E-state index in [2.05, 4.69) is 58.8 Å². The summed E-state index contributed by atoms with van der Waals surface area (Å²) in [6, 6.07) is 8.71. The van der Waals surface area contributed by atoms with Crippen molar-refractivity contribution in [1.29, 1.82) is 0 Å². The number of anilines is 1. The maximum absolute atomic E-state index is 6.01. The van der Waals surface area contributed by atoms with Crippen LogP contribution in [0, 0.1) is 0 Å². The Hall–Kier alpha value is -1.65. The first kappa shape index (κ1) is 15.3. The zero-order chi connectivity index (χ0) is 15.7. The summed E-state index contributed by atoms with van der Waals surface area (Å²) < 4.78 is 0. The van der Waals surface area contributed by atoms with E-state index in [1.54, 1.807) is 11.3 Å². The number of hydrogen-bond acceptors (Lipinski definition) is 4. The Morgan fingerprint density at radius 3 is 2.55 bits per heavy atom. The summed E-state index contributed by atoms with van der Waals surface area (Å²) in [5.74, 6) is 1.34. The smallest absolute Gasteiger partial charge is 0.225 e. The molecule has 3 aromatic rings. The van der Waals surface area contributed by atoms with Crippen LogP contribution in [0.3, 0.4) is 0 Å². The molecule has 0 radical (unpaired) electrons. The van der Waals surface area contributed by atoms with Crippen molar-refractivity contribution in [2.75, 3.05) is 11.9 Å². The van der Waals surface area contributed by atoms with Crippen molar-refractivity contribution in [3.63, 3.8) is 0 Å². The first-order chi connectivity index (χ1) is 10.6. The molecule has 0 aliphatic rings. The van der Waals surface area contributed by atoms with E-state index in [9.17, 15) is 0 Å². The summed E-state index contributed by atoms with van der Waals surface area (Å²) >= 11 is 7.61. The fourth-order valence-corrected chi connectivity index (χ4v) is 3.64. The van der Waals surface area contributed by atoms with Crippen LogP contribution in [0.4, 0.5) is 5.82 Å². The van der Waals surface area contributed by atoms with Gasteiger partial charge in [0.2, 0.25) is 5.28 Å². The van der Waals surface area contributed by atoms with E-state index in [1.807, 2.05) is 6.92 Å². The number of nitrogens with one attached hydrogen (secondary N) is 1. The Balaban J connectivity index is 2.14. The molecule has 3 rings (SSSR count). The van der Waals surface area contributed by atoms with E-state index in [4.69, 9.17) is 11.6 Å². The van der Waals surface area contributed by atoms with Crippen molar-refractivity contribution in [2.24, 2.45) is 0 Å². The largest absolute Gasteiger partial charge is 0.370 e. The summed E-state index contributed by atoms with van der Waals surface area (Å²) in [5, 5.41) is 6.75. The molecule has 2 aromatic heterocycles.